The van der Waals surface area contributed by atoms with Crippen LogP contribution in [0, 0.1) is 3.57 Å². The van der Waals surface area contributed by atoms with Gasteiger partial charge in [0.25, 0.3) is 5.22 Å². The summed E-state index contributed by atoms with van der Waals surface area (Å²) in [6, 6.07) is 15.2. The van der Waals surface area contributed by atoms with Gasteiger partial charge < -0.3 is 9.73 Å². The van der Waals surface area contributed by atoms with Gasteiger partial charge in [-0.2, -0.15) is 0 Å². The molecule has 8 heteroatoms. The number of anilines is 1. The van der Waals surface area contributed by atoms with Crippen LogP contribution >= 0.6 is 50.3 Å². The van der Waals surface area contributed by atoms with E-state index in [0.29, 0.717) is 11.1 Å². The van der Waals surface area contributed by atoms with Crippen LogP contribution in [-0.4, -0.2) is 21.9 Å². The Morgan fingerprint density at radius 2 is 2.00 bits per heavy atom. The molecule has 0 aliphatic carbocycles. The molecule has 0 unspecified atom stereocenters. The molecule has 0 radical (unpaired) electrons. The molecule has 2 aromatic carbocycles. The van der Waals surface area contributed by atoms with E-state index in [4.69, 9.17) is 4.42 Å². The van der Waals surface area contributed by atoms with Gasteiger partial charge in [0.05, 0.1) is 5.75 Å². The third-order valence-electron chi connectivity index (χ3n) is 2.93. The Morgan fingerprint density at radius 1 is 1.21 bits per heavy atom. The Labute approximate surface area is 164 Å². The molecule has 1 N–H and O–H groups in total. The molecule has 0 aliphatic heterocycles. The van der Waals surface area contributed by atoms with Crippen LogP contribution < -0.4 is 5.32 Å². The normalized spacial score (nSPS) is 10.6. The lowest BCUT2D eigenvalue weighted by Gasteiger charge is -2.04. The molecule has 3 rings (SSSR count). The van der Waals surface area contributed by atoms with E-state index in [2.05, 4.69) is 54.0 Å². The van der Waals surface area contributed by atoms with Gasteiger partial charge >= 0.3 is 0 Å². The van der Waals surface area contributed by atoms with Crippen molar-refractivity contribution in [2.75, 3.05) is 11.1 Å². The Kier molecular flexibility index (Phi) is 5.90. The Balaban J connectivity index is 1.57. The number of amides is 1. The highest BCUT2D eigenvalue weighted by Gasteiger charge is 2.11. The van der Waals surface area contributed by atoms with Crippen molar-refractivity contribution < 1.29 is 9.21 Å². The van der Waals surface area contributed by atoms with Crippen LogP contribution in [0.2, 0.25) is 0 Å². The first-order valence-electron chi connectivity index (χ1n) is 6.88. The molecule has 3 aromatic rings. The highest BCUT2D eigenvalue weighted by Crippen LogP contribution is 2.24. The molecule has 24 heavy (non-hydrogen) atoms. The zero-order valence-corrected chi connectivity index (χ0v) is 16.8. The van der Waals surface area contributed by atoms with E-state index in [1.54, 1.807) is 0 Å². The molecule has 0 saturated carbocycles. The van der Waals surface area contributed by atoms with Gasteiger partial charge in [0.2, 0.25) is 11.8 Å². The van der Waals surface area contributed by atoms with E-state index in [1.165, 1.54) is 11.8 Å². The molecular formula is C16H11BrIN3O2S. The number of halogens is 2. The second-order valence-corrected chi connectivity index (χ2v) is 7.82. The summed E-state index contributed by atoms with van der Waals surface area (Å²) in [5, 5.41) is 11.2. The van der Waals surface area contributed by atoms with Gasteiger partial charge in [0.1, 0.15) is 0 Å². The Hall–Kier alpha value is -1.39. The fraction of sp³-hybridized carbons (Fsp3) is 0.0625. The SMILES string of the molecule is O=C(CSc1nnc(-c2ccc(Br)cc2)o1)Nc1cccc(I)c1. The van der Waals surface area contributed by atoms with Gasteiger partial charge in [0.15, 0.2) is 0 Å². The van der Waals surface area contributed by atoms with Crippen molar-refractivity contribution >= 4 is 61.9 Å². The number of hydrogen-bond donors (Lipinski definition) is 1. The van der Waals surface area contributed by atoms with Crippen molar-refractivity contribution in [2.24, 2.45) is 0 Å². The highest BCUT2D eigenvalue weighted by molar-refractivity contribution is 14.1. The van der Waals surface area contributed by atoms with Crippen molar-refractivity contribution in [3.8, 4) is 11.5 Å². The summed E-state index contributed by atoms with van der Waals surface area (Å²) in [7, 11) is 0. The molecule has 0 atom stereocenters. The summed E-state index contributed by atoms with van der Waals surface area (Å²) >= 11 is 6.79. The summed E-state index contributed by atoms with van der Waals surface area (Å²) in [5.41, 5.74) is 1.61. The molecule has 0 fully saturated rings. The van der Waals surface area contributed by atoms with Crippen LogP contribution in [0.1, 0.15) is 0 Å². The number of aromatic nitrogens is 2. The fourth-order valence-electron chi connectivity index (χ4n) is 1.87. The smallest absolute Gasteiger partial charge is 0.277 e. The van der Waals surface area contributed by atoms with Gasteiger partial charge in [-0.25, -0.2) is 0 Å². The molecule has 0 spiro atoms. The van der Waals surface area contributed by atoms with Crippen LogP contribution in [0.4, 0.5) is 5.69 Å². The summed E-state index contributed by atoms with van der Waals surface area (Å²) in [4.78, 5) is 12.0. The maximum atomic E-state index is 12.0. The zero-order valence-electron chi connectivity index (χ0n) is 12.2. The van der Waals surface area contributed by atoms with Gasteiger partial charge in [0, 0.05) is 19.3 Å². The number of hydrogen-bond acceptors (Lipinski definition) is 5. The molecule has 0 aliphatic rings. The molecule has 1 aromatic heterocycles. The lowest BCUT2D eigenvalue weighted by atomic mass is 10.2. The summed E-state index contributed by atoms with van der Waals surface area (Å²) in [6.07, 6.45) is 0. The maximum absolute atomic E-state index is 12.0. The van der Waals surface area contributed by atoms with Crippen LogP contribution in [0.5, 0.6) is 0 Å². The second-order valence-electron chi connectivity index (χ2n) is 4.73. The number of carbonyl (C=O) groups excluding carboxylic acids is 1. The van der Waals surface area contributed by atoms with Crippen molar-refractivity contribution in [1.29, 1.82) is 0 Å². The number of rotatable bonds is 5. The van der Waals surface area contributed by atoms with E-state index < -0.39 is 0 Å². The average Bonchev–Trinajstić information content (AvgIpc) is 3.03. The second kappa shape index (κ2) is 8.13. The minimum atomic E-state index is -0.120. The zero-order chi connectivity index (χ0) is 16.9. The fourth-order valence-corrected chi connectivity index (χ4v) is 3.24. The van der Waals surface area contributed by atoms with Gasteiger partial charge in [-0.15, -0.1) is 10.2 Å². The number of carbonyl (C=O) groups is 1. The average molecular weight is 516 g/mol. The minimum Gasteiger partial charge on any atom is -0.411 e. The third kappa shape index (κ3) is 4.81. The molecule has 1 heterocycles. The van der Waals surface area contributed by atoms with Gasteiger partial charge in [-0.3, -0.25) is 4.79 Å². The number of nitrogens with zero attached hydrogens (tertiary/aromatic N) is 2. The van der Waals surface area contributed by atoms with Crippen LogP contribution in [-0.2, 0) is 4.79 Å². The first-order chi connectivity index (χ1) is 11.6. The van der Waals surface area contributed by atoms with Crippen molar-refractivity contribution in [3.05, 3.63) is 56.6 Å². The van der Waals surface area contributed by atoms with Crippen LogP contribution in [0.3, 0.4) is 0 Å². The lowest BCUT2D eigenvalue weighted by Crippen LogP contribution is -2.13. The van der Waals surface area contributed by atoms with Crippen LogP contribution in [0.15, 0.2) is 62.6 Å². The van der Waals surface area contributed by atoms with Crippen LogP contribution in [0.25, 0.3) is 11.5 Å². The Bertz CT molecular complexity index is 855. The highest BCUT2D eigenvalue weighted by atomic mass is 127. The Morgan fingerprint density at radius 3 is 2.75 bits per heavy atom. The van der Waals surface area contributed by atoms with Crippen molar-refractivity contribution in [2.45, 2.75) is 5.22 Å². The van der Waals surface area contributed by atoms with E-state index in [1.807, 2.05) is 48.5 Å². The summed E-state index contributed by atoms with van der Waals surface area (Å²) in [5.74, 6) is 0.515. The molecule has 0 bridgehead atoms. The predicted molar refractivity (Wildman–Crippen MR) is 106 cm³/mol. The third-order valence-corrected chi connectivity index (χ3v) is 4.95. The lowest BCUT2D eigenvalue weighted by molar-refractivity contribution is -0.113. The first-order valence-corrected chi connectivity index (χ1v) is 9.73. The molecular weight excluding hydrogens is 505 g/mol. The van der Waals surface area contributed by atoms with E-state index in [9.17, 15) is 4.79 Å². The number of benzene rings is 2. The molecule has 122 valence electrons. The number of nitrogens with one attached hydrogen (secondary N) is 1. The number of thioether (sulfide) groups is 1. The largest absolute Gasteiger partial charge is 0.411 e. The summed E-state index contributed by atoms with van der Waals surface area (Å²) in [6.45, 7) is 0. The minimum absolute atomic E-state index is 0.120. The van der Waals surface area contributed by atoms with E-state index in [0.717, 1.165) is 19.3 Å². The van der Waals surface area contributed by atoms with Gasteiger partial charge in [-0.05, 0) is 65.1 Å². The summed E-state index contributed by atoms with van der Waals surface area (Å²) < 4.78 is 7.62. The monoisotopic (exact) mass is 515 g/mol. The predicted octanol–water partition coefficient (Wildman–Crippen LogP) is 4.83. The van der Waals surface area contributed by atoms with E-state index in [-0.39, 0.29) is 11.7 Å². The molecule has 5 nitrogen and oxygen atoms in total. The topological polar surface area (TPSA) is 68.0 Å². The quantitative estimate of drug-likeness (QED) is 0.389. The van der Waals surface area contributed by atoms with Gasteiger partial charge in [-0.1, -0.05) is 33.8 Å². The van der Waals surface area contributed by atoms with Crippen molar-refractivity contribution in [3.63, 3.8) is 0 Å². The first kappa shape index (κ1) is 17.4. The molecule has 1 amide bonds. The standard InChI is InChI=1S/C16H11BrIN3O2S/c17-11-6-4-10(5-7-11)15-20-21-16(23-15)24-9-14(22)19-13-3-1-2-12(18)8-13/h1-8H,9H2,(H,19,22). The van der Waals surface area contributed by atoms with E-state index >= 15 is 0 Å². The van der Waals surface area contributed by atoms with Crippen molar-refractivity contribution in [1.82, 2.24) is 10.2 Å². The molecule has 0 saturated heterocycles. The maximum Gasteiger partial charge on any atom is 0.277 e.